The highest BCUT2D eigenvalue weighted by atomic mass is 79.9. The fourth-order valence-corrected chi connectivity index (χ4v) is 2.31. The average Bonchev–Trinajstić information content (AvgIpc) is 2.71. The molecule has 0 atom stereocenters. The first-order valence-corrected chi connectivity index (χ1v) is 5.63. The van der Waals surface area contributed by atoms with E-state index in [-0.39, 0.29) is 0 Å². The minimum absolute atomic E-state index is 0.526. The molecule has 0 radical (unpaired) electrons. The Bertz CT molecular complexity index is 401. The summed E-state index contributed by atoms with van der Waals surface area (Å²) in [5.74, 6) is 1.29. The minimum Gasteiger partial charge on any atom is -0.489 e. The van der Waals surface area contributed by atoms with E-state index in [1.54, 1.807) is 6.07 Å². The van der Waals surface area contributed by atoms with Crippen LogP contribution >= 0.6 is 15.9 Å². The smallest absolute Gasteiger partial charge is 0.172 e. The summed E-state index contributed by atoms with van der Waals surface area (Å²) >= 11 is 3.43. The fourth-order valence-electron chi connectivity index (χ4n) is 1.69. The molecule has 0 spiro atoms. The Morgan fingerprint density at radius 3 is 3.13 bits per heavy atom. The first-order valence-electron chi connectivity index (χ1n) is 4.84. The van der Waals surface area contributed by atoms with Crippen molar-refractivity contribution in [2.75, 3.05) is 13.2 Å². The van der Waals surface area contributed by atoms with E-state index in [4.69, 9.17) is 9.47 Å². The van der Waals surface area contributed by atoms with Crippen LogP contribution in [-0.2, 0) is 6.42 Å². The van der Waals surface area contributed by atoms with Crippen molar-refractivity contribution in [2.24, 2.45) is 0 Å². The molecule has 1 aliphatic rings. The summed E-state index contributed by atoms with van der Waals surface area (Å²) in [5, 5.41) is 0. The Kier molecular flexibility index (Phi) is 2.95. The lowest BCUT2D eigenvalue weighted by molar-refractivity contribution is 0.111. The fraction of sp³-hybridized carbons (Fsp3) is 0.364. The molecule has 0 aromatic heterocycles. The highest BCUT2D eigenvalue weighted by Gasteiger charge is 2.23. The van der Waals surface area contributed by atoms with Crippen LogP contribution in [0, 0.1) is 0 Å². The molecule has 4 heteroatoms. The van der Waals surface area contributed by atoms with E-state index in [0.29, 0.717) is 30.3 Å². The molecule has 1 aromatic rings. The zero-order valence-corrected chi connectivity index (χ0v) is 9.96. The first kappa shape index (κ1) is 10.5. The van der Waals surface area contributed by atoms with Gasteiger partial charge in [0.25, 0.3) is 0 Å². The first-order chi connectivity index (χ1) is 7.27. The molecule has 0 aliphatic carbocycles. The number of rotatable bonds is 3. The van der Waals surface area contributed by atoms with Crippen LogP contribution in [0.3, 0.4) is 0 Å². The quantitative estimate of drug-likeness (QED) is 0.793. The summed E-state index contributed by atoms with van der Waals surface area (Å²) < 4.78 is 11.9. The maximum absolute atomic E-state index is 10.9. The molecule has 0 bridgehead atoms. The number of fused-ring (bicyclic) bond motifs is 1. The number of carbonyl (C=O) groups is 1. The van der Waals surface area contributed by atoms with Crippen LogP contribution in [0.4, 0.5) is 0 Å². The zero-order chi connectivity index (χ0) is 10.8. The molecule has 1 heterocycles. The second-order valence-corrected chi connectivity index (χ2v) is 4.09. The van der Waals surface area contributed by atoms with Gasteiger partial charge in [-0.3, -0.25) is 4.79 Å². The van der Waals surface area contributed by atoms with Crippen molar-refractivity contribution in [1.82, 2.24) is 0 Å². The van der Waals surface area contributed by atoms with Crippen molar-refractivity contribution in [2.45, 2.75) is 13.3 Å². The molecule has 3 nitrogen and oxygen atoms in total. The third kappa shape index (κ3) is 1.74. The predicted octanol–water partition coefficient (Wildman–Crippen LogP) is 2.60. The lowest BCUT2D eigenvalue weighted by Crippen LogP contribution is -1.99. The summed E-state index contributed by atoms with van der Waals surface area (Å²) in [5.41, 5.74) is 1.62. The van der Waals surface area contributed by atoms with Crippen LogP contribution in [-0.4, -0.2) is 19.5 Å². The summed E-state index contributed by atoms with van der Waals surface area (Å²) in [6.45, 7) is 3.06. The molecule has 15 heavy (non-hydrogen) atoms. The van der Waals surface area contributed by atoms with Crippen molar-refractivity contribution in [3.05, 3.63) is 21.7 Å². The molecule has 1 aromatic carbocycles. The van der Waals surface area contributed by atoms with E-state index in [9.17, 15) is 4.79 Å². The SMILES string of the molecule is CCOc1c(C=O)cc(Br)c2c1OCC2. The van der Waals surface area contributed by atoms with Gasteiger partial charge in [0.15, 0.2) is 17.8 Å². The van der Waals surface area contributed by atoms with Gasteiger partial charge in [-0.25, -0.2) is 0 Å². The molecule has 0 saturated heterocycles. The van der Waals surface area contributed by atoms with E-state index in [1.165, 1.54) is 0 Å². The number of aldehydes is 1. The van der Waals surface area contributed by atoms with E-state index in [1.807, 2.05) is 6.92 Å². The lowest BCUT2D eigenvalue weighted by Gasteiger charge is -2.12. The Labute approximate surface area is 96.5 Å². The van der Waals surface area contributed by atoms with Gasteiger partial charge < -0.3 is 9.47 Å². The van der Waals surface area contributed by atoms with Gasteiger partial charge in [0.1, 0.15) is 0 Å². The van der Waals surface area contributed by atoms with Gasteiger partial charge in [0.2, 0.25) is 0 Å². The van der Waals surface area contributed by atoms with Crippen LogP contribution in [0.15, 0.2) is 10.5 Å². The van der Waals surface area contributed by atoms with Gasteiger partial charge in [-0.15, -0.1) is 0 Å². The van der Waals surface area contributed by atoms with E-state index < -0.39 is 0 Å². The molecule has 0 unspecified atom stereocenters. The van der Waals surface area contributed by atoms with Crippen molar-refractivity contribution >= 4 is 22.2 Å². The number of ether oxygens (including phenoxy) is 2. The lowest BCUT2D eigenvalue weighted by atomic mass is 10.1. The largest absolute Gasteiger partial charge is 0.489 e. The second-order valence-electron chi connectivity index (χ2n) is 3.23. The molecule has 2 rings (SSSR count). The van der Waals surface area contributed by atoms with Crippen LogP contribution in [0.25, 0.3) is 0 Å². The van der Waals surface area contributed by atoms with Gasteiger partial charge in [-0.2, -0.15) is 0 Å². The average molecular weight is 271 g/mol. The van der Waals surface area contributed by atoms with E-state index in [2.05, 4.69) is 15.9 Å². The number of hydrogen-bond acceptors (Lipinski definition) is 3. The molecular weight excluding hydrogens is 260 g/mol. The standard InChI is InChI=1S/C11H11BrO3/c1-2-14-10-7(6-13)5-9(12)8-3-4-15-11(8)10/h5-6H,2-4H2,1H3. The summed E-state index contributed by atoms with van der Waals surface area (Å²) in [4.78, 5) is 10.9. The normalized spacial score (nSPS) is 13.2. The Hall–Kier alpha value is -1.03. The van der Waals surface area contributed by atoms with Gasteiger partial charge in [-0.05, 0) is 13.0 Å². The Balaban J connectivity index is 2.59. The monoisotopic (exact) mass is 270 g/mol. The number of benzene rings is 1. The molecule has 1 aliphatic heterocycles. The van der Waals surface area contributed by atoms with Gasteiger partial charge >= 0.3 is 0 Å². The maximum Gasteiger partial charge on any atom is 0.172 e. The predicted molar refractivity (Wildman–Crippen MR) is 59.9 cm³/mol. The third-order valence-electron chi connectivity index (χ3n) is 2.33. The van der Waals surface area contributed by atoms with Crippen molar-refractivity contribution in [1.29, 1.82) is 0 Å². The minimum atomic E-state index is 0.526. The molecule has 0 N–H and O–H groups in total. The molecule has 0 fully saturated rings. The van der Waals surface area contributed by atoms with Crippen LogP contribution in [0.1, 0.15) is 22.8 Å². The zero-order valence-electron chi connectivity index (χ0n) is 8.38. The Morgan fingerprint density at radius 2 is 2.47 bits per heavy atom. The number of carbonyl (C=O) groups excluding carboxylic acids is 1. The Morgan fingerprint density at radius 1 is 1.67 bits per heavy atom. The van der Waals surface area contributed by atoms with Crippen molar-refractivity contribution < 1.29 is 14.3 Å². The van der Waals surface area contributed by atoms with E-state index >= 15 is 0 Å². The molecule has 0 amide bonds. The molecular formula is C11H11BrO3. The topological polar surface area (TPSA) is 35.5 Å². The van der Waals surface area contributed by atoms with Crippen LogP contribution < -0.4 is 9.47 Å². The van der Waals surface area contributed by atoms with Crippen molar-refractivity contribution in [3.8, 4) is 11.5 Å². The number of hydrogen-bond donors (Lipinski definition) is 0. The highest BCUT2D eigenvalue weighted by Crippen LogP contribution is 2.42. The highest BCUT2D eigenvalue weighted by molar-refractivity contribution is 9.10. The third-order valence-corrected chi connectivity index (χ3v) is 3.03. The van der Waals surface area contributed by atoms with E-state index in [0.717, 1.165) is 22.7 Å². The summed E-state index contributed by atoms with van der Waals surface area (Å²) in [6.07, 6.45) is 1.65. The van der Waals surface area contributed by atoms with Crippen molar-refractivity contribution in [3.63, 3.8) is 0 Å². The maximum atomic E-state index is 10.9. The molecule has 0 saturated carbocycles. The van der Waals surface area contributed by atoms with Crippen LogP contribution in [0.5, 0.6) is 11.5 Å². The van der Waals surface area contributed by atoms with Gasteiger partial charge in [-0.1, -0.05) is 15.9 Å². The number of halogens is 1. The summed E-state index contributed by atoms with van der Waals surface area (Å²) in [6, 6.07) is 1.78. The second kappa shape index (κ2) is 4.23. The van der Waals surface area contributed by atoms with Gasteiger partial charge in [0, 0.05) is 16.5 Å². The van der Waals surface area contributed by atoms with Gasteiger partial charge in [0.05, 0.1) is 18.8 Å². The van der Waals surface area contributed by atoms with Crippen LogP contribution in [0.2, 0.25) is 0 Å². The summed E-state index contributed by atoms with van der Waals surface area (Å²) in [7, 11) is 0. The molecule has 80 valence electrons.